The number of hydrogen-bond acceptors (Lipinski definition) is 4. The van der Waals surface area contributed by atoms with E-state index in [1.54, 1.807) is 0 Å². The summed E-state index contributed by atoms with van der Waals surface area (Å²) in [7, 11) is 0. The smallest absolute Gasteiger partial charge is 0.335 e. The zero-order valence-electron chi connectivity index (χ0n) is 20.0. The van der Waals surface area contributed by atoms with Gasteiger partial charge in [-0.2, -0.15) is 0 Å². The summed E-state index contributed by atoms with van der Waals surface area (Å²) in [5, 5.41) is 9.37. The van der Waals surface area contributed by atoms with Crippen LogP contribution in [0.1, 0.15) is 53.9 Å². The van der Waals surface area contributed by atoms with Crippen LogP contribution in [0.2, 0.25) is 0 Å². The van der Waals surface area contributed by atoms with Crippen molar-refractivity contribution in [3.8, 4) is 0 Å². The minimum absolute atomic E-state index is 0.0363. The van der Waals surface area contributed by atoms with Gasteiger partial charge >= 0.3 is 5.97 Å². The number of benzene rings is 4. The predicted molar refractivity (Wildman–Crippen MR) is 139 cm³/mol. The third kappa shape index (κ3) is 5.06. The molecule has 0 bridgehead atoms. The summed E-state index contributed by atoms with van der Waals surface area (Å²) in [6, 6.07) is 32.6. The van der Waals surface area contributed by atoms with E-state index in [0.29, 0.717) is 6.42 Å². The molecule has 0 spiro atoms. The third-order valence-electron chi connectivity index (χ3n) is 6.50. The SMILES string of the molecule is O=C(O)c1ccc2c(c1)C(=O)N([C@H](COC(c1ccccc1)c1ccccc1)Cc1ccccc1)C2=O. The van der Waals surface area contributed by atoms with Crippen molar-refractivity contribution < 1.29 is 24.2 Å². The van der Waals surface area contributed by atoms with Crippen LogP contribution in [0.5, 0.6) is 0 Å². The van der Waals surface area contributed by atoms with Crippen molar-refractivity contribution in [3.05, 3.63) is 143 Å². The zero-order chi connectivity index (χ0) is 25.8. The third-order valence-corrected chi connectivity index (χ3v) is 6.50. The van der Waals surface area contributed by atoms with Crippen LogP contribution in [0.3, 0.4) is 0 Å². The largest absolute Gasteiger partial charge is 0.478 e. The molecule has 0 fully saturated rings. The van der Waals surface area contributed by atoms with Crippen LogP contribution in [-0.4, -0.2) is 40.4 Å². The van der Waals surface area contributed by atoms with Gasteiger partial charge in [0.2, 0.25) is 0 Å². The van der Waals surface area contributed by atoms with E-state index >= 15 is 0 Å². The lowest BCUT2D eigenvalue weighted by Crippen LogP contribution is -2.44. The summed E-state index contributed by atoms with van der Waals surface area (Å²) in [6.45, 7) is 0.0978. The Morgan fingerprint density at radius 2 is 1.27 bits per heavy atom. The number of carbonyl (C=O) groups is 3. The van der Waals surface area contributed by atoms with Crippen LogP contribution >= 0.6 is 0 Å². The lowest BCUT2D eigenvalue weighted by atomic mass is 10.0. The Labute approximate surface area is 214 Å². The summed E-state index contributed by atoms with van der Waals surface area (Å²) in [4.78, 5) is 39.5. The Balaban J connectivity index is 1.48. The van der Waals surface area contributed by atoms with Gasteiger partial charge in [-0.05, 0) is 41.3 Å². The topological polar surface area (TPSA) is 83.9 Å². The maximum absolute atomic E-state index is 13.5. The highest BCUT2D eigenvalue weighted by atomic mass is 16.5. The number of rotatable bonds is 9. The van der Waals surface area contributed by atoms with Gasteiger partial charge in [0.1, 0.15) is 6.10 Å². The number of imide groups is 1. The van der Waals surface area contributed by atoms with Crippen LogP contribution in [-0.2, 0) is 11.2 Å². The second-order valence-corrected chi connectivity index (χ2v) is 8.92. The fraction of sp³-hybridized carbons (Fsp3) is 0.129. The maximum atomic E-state index is 13.5. The van der Waals surface area contributed by atoms with E-state index in [-0.39, 0.29) is 23.3 Å². The van der Waals surface area contributed by atoms with Gasteiger partial charge in [0.15, 0.2) is 0 Å². The summed E-state index contributed by atoms with van der Waals surface area (Å²) >= 11 is 0. The van der Waals surface area contributed by atoms with Crippen molar-refractivity contribution in [3.63, 3.8) is 0 Å². The molecule has 6 nitrogen and oxygen atoms in total. The Kier molecular flexibility index (Phi) is 6.92. The normalized spacial score (nSPS) is 13.6. The first-order valence-corrected chi connectivity index (χ1v) is 12.0. The van der Waals surface area contributed by atoms with Gasteiger partial charge in [0.05, 0.1) is 29.3 Å². The first kappa shape index (κ1) is 24.2. The van der Waals surface area contributed by atoms with E-state index in [0.717, 1.165) is 16.7 Å². The number of amides is 2. The monoisotopic (exact) mass is 491 g/mol. The Bertz CT molecular complexity index is 1380. The fourth-order valence-corrected chi connectivity index (χ4v) is 4.68. The van der Waals surface area contributed by atoms with E-state index in [4.69, 9.17) is 4.74 Å². The molecule has 1 aliphatic rings. The molecule has 37 heavy (non-hydrogen) atoms. The molecule has 0 radical (unpaired) electrons. The highest BCUT2D eigenvalue weighted by Crippen LogP contribution is 2.30. The highest BCUT2D eigenvalue weighted by Gasteiger charge is 2.41. The van der Waals surface area contributed by atoms with Gasteiger partial charge in [-0.25, -0.2) is 4.79 Å². The lowest BCUT2D eigenvalue weighted by molar-refractivity contribution is 0.0236. The van der Waals surface area contributed by atoms with Crippen molar-refractivity contribution in [2.45, 2.75) is 18.6 Å². The number of ether oxygens (including phenoxy) is 1. The first-order valence-electron chi connectivity index (χ1n) is 12.0. The molecule has 1 aliphatic heterocycles. The summed E-state index contributed by atoms with van der Waals surface area (Å²) < 4.78 is 6.48. The van der Waals surface area contributed by atoms with E-state index in [2.05, 4.69) is 0 Å². The van der Waals surface area contributed by atoms with Crippen molar-refractivity contribution in [2.24, 2.45) is 0 Å². The summed E-state index contributed by atoms with van der Waals surface area (Å²) in [5.41, 5.74) is 3.14. The number of carbonyl (C=O) groups excluding carboxylic acids is 2. The fourth-order valence-electron chi connectivity index (χ4n) is 4.68. The van der Waals surface area contributed by atoms with E-state index in [1.165, 1.54) is 23.1 Å². The molecule has 4 aromatic carbocycles. The Morgan fingerprint density at radius 3 is 1.84 bits per heavy atom. The van der Waals surface area contributed by atoms with Crippen molar-refractivity contribution in [1.29, 1.82) is 0 Å². The van der Waals surface area contributed by atoms with E-state index < -0.39 is 29.9 Å². The molecule has 0 aliphatic carbocycles. The van der Waals surface area contributed by atoms with Gasteiger partial charge in [-0.1, -0.05) is 91.0 Å². The number of nitrogens with zero attached hydrogens (tertiary/aromatic N) is 1. The molecular formula is C31H25NO5. The molecule has 6 heteroatoms. The molecular weight excluding hydrogens is 466 g/mol. The number of carboxylic acid groups (broad SMARTS) is 1. The number of carboxylic acids is 1. The van der Waals surface area contributed by atoms with Gasteiger partial charge in [0.25, 0.3) is 11.8 Å². The Hall–Kier alpha value is -4.55. The van der Waals surface area contributed by atoms with Crippen LogP contribution in [0.25, 0.3) is 0 Å². The van der Waals surface area contributed by atoms with Crippen LogP contribution in [0.4, 0.5) is 0 Å². The second-order valence-electron chi connectivity index (χ2n) is 8.92. The van der Waals surface area contributed by atoms with Crippen molar-refractivity contribution >= 4 is 17.8 Å². The molecule has 1 N–H and O–H groups in total. The first-order chi connectivity index (χ1) is 18.0. The summed E-state index contributed by atoms with van der Waals surface area (Å²) in [6.07, 6.45) is 0.00321. The number of aromatic carboxylic acids is 1. The molecule has 0 unspecified atom stereocenters. The molecule has 1 heterocycles. The van der Waals surface area contributed by atoms with E-state index in [1.807, 2.05) is 91.0 Å². The standard InChI is InChI=1S/C31H25NO5/c33-29-26-17-16-24(31(35)36)19-27(26)30(34)32(29)25(18-21-10-4-1-5-11-21)20-37-28(22-12-6-2-7-13-22)23-14-8-3-9-15-23/h1-17,19,25,28H,18,20H2,(H,35,36)/t25-/m0/s1. The quantitative estimate of drug-likeness (QED) is 0.317. The molecule has 4 aromatic rings. The molecule has 0 saturated heterocycles. The van der Waals surface area contributed by atoms with Gasteiger partial charge in [-0.3, -0.25) is 14.5 Å². The second kappa shape index (κ2) is 10.6. The lowest BCUT2D eigenvalue weighted by Gasteiger charge is -2.29. The average Bonchev–Trinajstić information content (AvgIpc) is 3.19. The number of fused-ring (bicyclic) bond motifs is 1. The van der Waals surface area contributed by atoms with Gasteiger partial charge in [-0.15, -0.1) is 0 Å². The Morgan fingerprint density at radius 1 is 0.730 bits per heavy atom. The maximum Gasteiger partial charge on any atom is 0.335 e. The minimum Gasteiger partial charge on any atom is -0.478 e. The summed E-state index contributed by atoms with van der Waals surface area (Å²) in [5.74, 6) is -2.11. The van der Waals surface area contributed by atoms with Gasteiger partial charge in [0, 0.05) is 0 Å². The predicted octanol–water partition coefficient (Wildman–Crippen LogP) is 5.40. The molecule has 1 atom stereocenters. The van der Waals surface area contributed by atoms with Crippen LogP contribution in [0.15, 0.2) is 109 Å². The molecule has 0 saturated carbocycles. The zero-order valence-corrected chi connectivity index (χ0v) is 20.0. The molecule has 2 amide bonds. The van der Waals surface area contributed by atoms with Gasteiger partial charge < -0.3 is 9.84 Å². The molecule has 5 rings (SSSR count). The average molecular weight is 492 g/mol. The molecule has 0 aromatic heterocycles. The van der Waals surface area contributed by atoms with Crippen LogP contribution in [0, 0.1) is 0 Å². The minimum atomic E-state index is -1.15. The highest BCUT2D eigenvalue weighted by molar-refractivity contribution is 6.22. The van der Waals surface area contributed by atoms with Crippen LogP contribution < -0.4 is 0 Å². The molecule has 184 valence electrons. The number of hydrogen-bond donors (Lipinski definition) is 1. The van der Waals surface area contributed by atoms with E-state index in [9.17, 15) is 19.5 Å². The van der Waals surface area contributed by atoms with Crippen molar-refractivity contribution in [2.75, 3.05) is 6.61 Å². The van der Waals surface area contributed by atoms with Crippen molar-refractivity contribution in [1.82, 2.24) is 4.90 Å².